The number of rotatable bonds is 8. The van der Waals surface area contributed by atoms with E-state index in [4.69, 9.17) is 21.1 Å². The number of ether oxygens (including phenoxy) is 2. The van der Waals surface area contributed by atoms with E-state index in [1.165, 1.54) is 4.68 Å². The summed E-state index contributed by atoms with van der Waals surface area (Å²) in [6.07, 6.45) is 3.71. The van der Waals surface area contributed by atoms with Crippen LogP contribution in [0.3, 0.4) is 0 Å². The molecule has 0 aliphatic heterocycles. The molecule has 0 spiro atoms. The zero-order chi connectivity index (χ0) is 22.5. The van der Waals surface area contributed by atoms with E-state index in [9.17, 15) is 4.79 Å². The van der Waals surface area contributed by atoms with E-state index < -0.39 is 0 Å². The van der Waals surface area contributed by atoms with Crippen LogP contribution in [0.4, 0.5) is 0 Å². The van der Waals surface area contributed by atoms with Gasteiger partial charge >= 0.3 is 0 Å². The van der Waals surface area contributed by atoms with Gasteiger partial charge in [0.1, 0.15) is 17.5 Å². The van der Waals surface area contributed by atoms with Crippen molar-refractivity contribution in [1.82, 2.24) is 9.66 Å². The highest BCUT2D eigenvalue weighted by Crippen LogP contribution is 2.42. The molecule has 3 rings (SSSR count). The van der Waals surface area contributed by atoms with Gasteiger partial charge in [-0.2, -0.15) is 9.78 Å². The SMILES string of the molecule is C=CCOc1c(OCC)cc(C=Nn2c(CC)nc3ccc(Br)cc3c2=O)c(Br)c1Cl. The van der Waals surface area contributed by atoms with Crippen molar-refractivity contribution in [3.63, 3.8) is 0 Å². The maximum Gasteiger partial charge on any atom is 0.282 e. The molecule has 9 heteroatoms. The van der Waals surface area contributed by atoms with Gasteiger partial charge in [-0.15, -0.1) is 0 Å². The molecule has 0 fully saturated rings. The van der Waals surface area contributed by atoms with Gasteiger partial charge in [0, 0.05) is 20.9 Å². The van der Waals surface area contributed by atoms with Gasteiger partial charge in [-0.1, -0.05) is 47.1 Å². The van der Waals surface area contributed by atoms with E-state index >= 15 is 0 Å². The van der Waals surface area contributed by atoms with E-state index in [2.05, 4.69) is 48.5 Å². The van der Waals surface area contributed by atoms with Crippen LogP contribution in [0, 0.1) is 0 Å². The maximum atomic E-state index is 13.1. The van der Waals surface area contributed by atoms with Crippen molar-refractivity contribution in [2.24, 2.45) is 5.10 Å². The summed E-state index contributed by atoms with van der Waals surface area (Å²) in [6, 6.07) is 7.15. The molecule has 0 radical (unpaired) electrons. The molecule has 0 bridgehead atoms. The zero-order valence-electron chi connectivity index (χ0n) is 17.0. The monoisotopic (exact) mass is 567 g/mol. The van der Waals surface area contributed by atoms with E-state index in [-0.39, 0.29) is 12.2 Å². The first kappa shape index (κ1) is 23.5. The Hall–Kier alpha value is -2.16. The van der Waals surface area contributed by atoms with Crippen LogP contribution < -0.4 is 15.0 Å². The highest BCUT2D eigenvalue weighted by molar-refractivity contribution is 9.10. The van der Waals surface area contributed by atoms with Gasteiger partial charge < -0.3 is 9.47 Å². The highest BCUT2D eigenvalue weighted by Gasteiger charge is 2.17. The third-order valence-corrected chi connectivity index (χ3v) is 6.24. The Labute approximate surface area is 201 Å². The minimum atomic E-state index is -0.252. The van der Waals surface area contributed by atoms with Gasteiger partial charge in [-0.3, -0.25) is 4.79 Å². The second kappa shape index (κ2) is 10.4. The molecule has 1 aromatic heterocycles. The van der Waals surface area contributed by atoms with Crippen LogP contribution in [-0.2, 0) is 6.42 Å². The molecule has 0 aliphatic carbocycles. The molecule has 0 saturated heterocycles. The fourth-order valence-corrected chi connectivity index (χ4v) is 3.92. The number of hydrogen-bond acceptors (Lipinski definition) is 5. The van der Waals surface area contributed by atoms with Gasteiger partial charge in [0.25, 0.3) is 5.56 Å². The first-order valence-corrected chi connectivity index (χ1v) is 11.5. The molecule has 31 heavy (non-hydrogen) atoms. The predicted molar refractivity (Wildman–Crippen MR) is 132 cm³/mol. The molecule has 0 aliphatic rings. The van der Waals surface area contributed by atoms with Crippen LogP contribution in [0.25, 0.3) is 10.9 Å². The van der Waals surface area contributed by atoms with Crippen LogP contribution in [0.15, 0.2) is 55.8 Å². The molecule has 0 N–H and O–H groups in total. The predicted octanol–water partition coefficient (Wildman–Crippen LogP) is 5.98. The Morgan fingerprint density at radius 2 is 2.03 bits per heavy atom. The van der Waals surface area contributed by atoms with Crippen LogP contribution in [0.5, 0.6) is 11.5 Å². The summed E-state index contributed by atoms with van der Waals surface area (Å²) >= 11 is 13.4. The van der Waals surface area contributed by atoms with Crippen molar-refractivity contribution in [3.05, 3.63) is 72.6 Å². The lowest BCUT2D eigenvalue weighted by molar-refractivity contribution is 0.297. The minimum Gasteiger partial charge on any atom is -0.490 e. The molecule has 3 aromatic rings. The number of fused-ring (bicyclic) bond motifs is 1. The van der Waals surface area contributed by atoms with Crippen molar-refractivity contribution in [2.45, 2.75) is 20.3 Å². The third-order valence-electron chi connectivity index (χ3n) is 4.31. The van der Waals surface area contributed by atoms with E-state index in [0.29, 0.717) is 56.3 Å². The molecule has 2 aromatic carbocycles. The number of aryl methyl sites for hydroxylation is 1. The van der Waals surface area contributed by atoms with Gasteiger partial charge in [-0.25, -0.2) is 4.98 Å². The lowest BCUT2D eigenvalue weighted by Crippen LogP contribution is -2.22. The summed E-state index contributed by atoms with van der Waals surface area (Å²) < 4.78 is 14.0. The smallest absolute Gasteiger partial charge is 0.282 e. The Balaban J connectivity index is 2.13. The maximum absolute atomic E-state index is 13.1. The van der Waals surface area contributed by atoms with Crippen LogP contribution in [0.2, 0.25) is 5.02 Å². The number of halogens is 3. The summed E-state index contributed by atoms with van der Waals surface area (Å²) in [7, 11) is 0. The molecule has 0 unspecified atom stereocenters. The Morgan fingerprint density at radius 3 is 2.71 bits per heavy atom. The second-order valence-corrected chi connectivity index (χ2v) is 8.44. The number of benzene rings is 2. The van der Waals surface area contributed by atoms with Crippen LogP contribution in [-0.4, -0.2) is 29.1 Å². The average molecular weight is 570 g/mol. The molecule has 162 valence electrons. The summed E-state index contributed by atoms with van der Waals surface area (Å²) in [6.45, 7) is 8.16. The lowest BCUT2D eigenvalue weighted by Gasteiger charge is -2.15. The fraction of sp³-hybridized carbons (Fsp3) is 0.227. The van der Waals surface area contributed by atoms with Crippen LogP contribution in [0.1, 0.15) is 25.2 Å². The summed E-state index contributed by atoms with van der Waals surface area (Å²) in [5.74, 6) is 1.44. The first-order valence-electron chi connectivity index (χ1n) is 9.55. The number of aromatic nitrogens is 2. The quantitative estimate of drug-likeness (QED) is 0.247. The Bertz CT molecular complexity index is 1230. The van der Waals surface area contributed by atoms with Gasteiger partial charge in [0.2, 0.25) is 0 Å². The van der Waals surface area contributed by atoms with Gasteiger partial charge in [0.15, 0.2) is 11.5 Å². The van der Waals surface area contributed by atoms with Crippen molar-refractivity contribution in [1.29, 1.82) is 0 Å². The van der Waals surface area contributed by atoms with Crippen molar-refractivity contribution < 1.29 is 9.47 Å². The minimum absolute atomic E-state index is 0.252. The summed E-state index contributed by atoms with van der Waals surface area (Å²) in [5, 5.41) is 5.24. The second-order valence-electron chi connectivity index (χ2n) is 6.36. The molecular formula is C22H20Br2ClN3O3. The van der Waals surface area contributed by atoms with E-state index in [1.807, 2.05) is 19.9 Å². The summed E-state index contributed by atoms with van der Waals surface area (Å²) in [5.41, 5.74) is 1.00. The number of hydrogen-bond donors (Lipinski definition) is 0. The van der Waals surface area contributed by atoms with Crippen LogP contribution >= 0.6 is 43.5 Å². The summed E-state index contributed by atoms with van der Waals surface area (Å²) in [4.78, 5) is 17.7. The zero-order valence-corrected chi connectivity index (χ0v) is 20.9. The molecule has 1 heterocycles. The van der Waals surface area contributed by atoms with Crippen molar-refractivity contribution in [2.75, 3.05) is 13.2 Å². The third kappa shape index (κ3) is 5.02. The average Bonchev–Trinajstić information content (AvgIpc) is 2.76. The van der Waals surface area contributed by atoms with E-state index in [1.54, 1.807) is 30.5 Å². The molecule has 0 amide bonds. The number of nitrogens with zero attached hydrogens (tertiary/aromatic N) is 3. The highest BCUT2D eigenvalue weighted by atomic mass is 79.9. The fourth-order valence-electron chi connectivity index (χ4n) is 2.90. The van der Waals surface area contributed by atoms with Crippen molar-refractivity contribution in [3.8, 4) is 11.5 Å². The van der Waals surface area contributed by atoms with Gasteiger partial charge in [0.05, 0.1) is 23.7 Å². The van der Waals surface area contributed by atoms with Crippen molar-refractivity contribution >= 4 is 60.6 Å². The normalized spacial score (nSPS) is 11.3. The molecule has 0 atom stereocenters. The molecular weight excluding hydrogens is 550 g/mol. The Kier molecular flexibility index (Phi) is 7.91. The molecule has 0 saturated carbocycles. The Morgan fingerprint density at radius 1 is 1.26 bits per heavy atom. The first-order chi connectivity index (χ1) is 14.9. The van der Waals surface area contributed by atoms with Gasteiger partial charge in [-0.05, 0) is 47.1 Å². The molecule has 6 nitrogen and oxygen atoms in total. The van der Waals surface area contributed by atoms with E-state index in [0.717, 1.165) is 4.47 Å². The largest absolute Gasteiger partial charge is 0.490 e. The lowest BCUT2D eigenvalue weighted by atomic mass is 10.2. The standard InChI is InChI=1S/C22H20Br2ClN3O3/c1-4-9-31-21-17(30-6-3)10-13(19(24)20(21)25)12-26-28-18(5-2)27-16-8-7-14(23)11-15(16)22(28)29/h4,7-8,10-12H,1,5-6,9H2,2-3H3. The topological polar surface area (TPSA) is 65.7 Å².